The van der Waals surface area contributed by atoms with E-state index in [0.717, 1.165) is 22.4 Å². The highest BCUT2D eigenvalue weighted by molar-refractivity contribution is 5.77. The van der Waals surface area contributed by atoms with Crippen LogP contribution in [-0.2, 0) is 16.1 Å². The summed E-state index contributed by atoms with van der Waals surface area (Å²) in [6.45, 7) is 6.02. The van der Waals surface area contributed by atoms with Crippen molar-refractivity contribution in [1.29, 1.82) is 0 Å². The minimum atomic E-state index is -0.149. The summed E-state index contributed by atoms with van der Waals surface area (Å²) < 4.78 is 6.00. The van der Waals surface area contributed by atoms with Crippen LogP contribution in [0.15, 0.2) is 36.5 Å². The number of amides is 2. The Morgan fingerprint density at radius 1 is 1.08 bits per heavy atom. The molecule has 2 N–H and O–H groups in total. The third-order valence-electron chi connectivity index (χ3n) is 3.66. The second kappa shape index (κ2) is 8.82. The van der Waals surface area contributed by atoms with E-state index >= 15 is 0 Å². The fourth-order valence-electron chi connectivity index (χ4n) is 2.34. The van der Waals surface area contributed by atoms with E-state index in [0.29, 0.717) is 19.0 Å². The van der Waals surface area contributed by atoms with Gasteiger partial charge in [0.05, 0.1) is 0 Å². The zero-order valence-electron chi connectivity index (χ0n) is 14.8. The van der Waals surface area contributed by atoms with Crippen LogP contribution in [0.1, 0.15) is 30.0 Å². The molecule has 6 heteroatoms. The zero-order valence-corrected chi connectivity index (χ0v) is 14.8. The first-order valence-electron chi connectivity index (χ1n) is 8.16. The predicted octanol–water partition coefficient (Wildman–Crippen LogP) is 2.63. The number of nitrogens with one attached hydrogen (secondary N) is 2. The van der Waals surface area contributed by atoms with Gasteiger partial charge in [0.1, 0.15) is 5.75 Å². The lowest BCUT2D eigenvalue weighted by Gasteiger charge is -2.14. The van der Waals surface area contributed by atoms with E-state index in [9.17, 15) is 9.59 Å². The number of rotatable bonds is 7. The molecule has 1 heterocycles. The molecule has 0 fully saturated rings. The first-order chi connectivity index (χ1) is 12.0. The maximum absolute atomic E-state index is 11.9. The van der Waals surface area contributed by atoms with Gasteiger partial charge in [-0.25, -0.2) is 4.98 Å². The number of hydrogen-bond acceptors (Lipinski definition) is 4. The molecule has 132 valence electrons. The van der Waals surface area contributed by atoms with E-state index in [-0.39, 0.29) is 18.2 Å². The van der Waals surface area contributed by atoms with Crippen molar-refractivity contribution >= 4 is 11.8 Å². The molecule has 2 amide bonds. The molecule has 1 aromatic heterocycles. The van der Waals surface area contributed by atoms with Gasteiger partial charge in [0.2, 0.25) is 17.7 Å². The molecule has 0 bridgehead atoms. The highest BCUT2D eigenvalue weighted by atomic mass is 16.5. The van der Waals surface area contributed by atoms with Gasteiger partial charge in [-0.3, -0.25) is 9.59 Å². The van der Waals surface area contributed by atoms with E-state index in [4.69, 9.17) is 4.74 Å². The summed E-state index contributed by atoms with van der Waals surface area (Å²) in [6, 6.07) is 9.61. The number of aryl methyl sites for hydroxylation is 2. The molecule has 0 saturated carbocycles. The monoisotopic (exact) mass is 341 g/mol. The first-order valence-corrected chi connectivity index (χ1v) is 8.16. The van der Waals surface area contributed by atoms with Gasteiger partial charge in [-0.2, -0.15) is 0 Å². The lowest BCUT2D eigenvalue weighted by Crippen LogP contribution is -2.29. The normalized spacial score (nSPS) is 10.2. The number of hydrogen-bond donors (Lipinski definition) is 2. The number of aromatic nitrogens is 1. The Bertz CT molecular complexity index is 739. The van der Waals surface area contributed by atoms with Crippen LogP contribution in [0.2, 0.25) is 0 Å². The van der Waals surface area contributed by atoms with Crippen LogP contribution in [0, 0.1) is 13.8 Å². The third kappa shape index (κ3) is 5.60. The molecule has 0 unspecified atom stereocenters. The van der Waals surface area contributed by atoms with Crippen molar-refractivity contribution in [2.24, 2.45) is 0 Å². The number of benzene rings is 1. The van der Waals surface area contributed by atoms with Gasteiger partial charge in [-0.1, -0.05) is 24.3 Å². The van der Waals surface area contributed by atoms with Gasteiger partial charge in [-0.05, 0) is 31.0 Å². The SMILES string of the molecule is CC(=O)NCCC(=O)NCc1cccnc1Oc1c(C)cccc1C. The number of nitrogens with zero attached hydrogens (tertiary/aromatic N) is 1. The Hall–Kier alpha value is -2.89. The van der Waals surface area contributed by atoms with Crippen LogP contribution in [0.5, 0.6) is 11.6 Å². The quantitative estimate of drug-likeness (QED) is 0.811. The predicted molar refractivity (Wildman–Crippen MR) is 95.4 cm³/mol. The topological polar surface area (TPSA) is 80.3 Å². The standard InChI is InChI=1S/C19H23N3O3/c1-13-6-4-7-14(2)18(13)25-19-16(8-5-10-21-19)12-22-17(24)9-11-20-15(3)23/h4-8,10H,9,11-12H2,1-3H3,(H,20,23)(H,22,24). The van der Waals surface area contributed by atoms with E-state index in [1.807, 2.05) is 38.1 Å². The van der Waals surface area contributed by atoms with Crippen molar-refractivity contribution in [2.45, 2.75) is 33.7 Å². The van der Waals surface area contributed by atoms with Gasteiger partial charge in [0.25, 0.3) is 0 Å². The highest BCUT2D eigenvalue weighted by Crippen LogP contribution is 2.29. The van der Waals surface area contributed by atoms with Crippen molar-refractivity contribution < 1.29 is 14.3 Å². The van der Waals surface area contributed by atoms with E-state index in [1.54, 1.807) is 12.3 Å². The fourth-order valence-corrected chi connectivity index (χ4v) is 2.34. The van der Waals surface area contributed by atoms with Crippen molar-refractivity contribution in [1.82, 2.24) is 15.6 Å². The molecule has 0 radical (unpaired) electrons. The summed E-state index contributed by atoms with van der Waals surface area (Å²) in [4.78, 5) is 27.0. The Kier molecular flexibility index (Phi) is 6.51. The smallest absolute Gasteiger partial charge is 0.224 e. The molecule has 6 nitrogen and oxygen atoms in total. The minimum absolute atomic E-state index is 0.143. The number of carbonyl (C=O) groups is 2. The number of ether oxygens (including phenoxy) is 1. The summed E-state index contributed by atoms with van der Waals surface area (Å²) in [5.74, 6) is 0.960. The van der Waals surface area contributed by atoms with E-state index in [1.165, 1.54) is 6.92 Å². The van der Waals surface area contributed by atoms with E-state index in [2.05, 4.69) is 15.6 Å². The van der Waals surface area contributed by atoms with Crippen molar-refractivity contribution in [3.63, 3.8) is 0 Å². The molecular formula is C19H23N3O3. The molecule has 2 rings (SSSR count). The largest absolute Gasteiger partial charge is 0.438 e. The summed E-state index contributed by atoms with van der Waals surface area (Å²) in [5, 5.41) is 5.41. The maximum Gasteiger partial charge on any atom is 0.224 e. The summed E-state index contributed by atoms with van der Waals surface area (Å²) >= 11 is 0. The van der Waals surface area contributed by atoms with Crippen LogP contribution >= 0.6 is 0 Å². The van der Waals surface area contributed by atoms with Crippen LogP contribution < -0.4 is 15.4 Å². The van der Waals surface area contributed by atoms with Crippen LogP contribution in [0.3, 0.4) is 0 Å². The number of para-hydroxylation sites is 1. The molecule has 25 heavy (non-hydrogen) atoms. The highest BCUT2D eigenvalue weighted by Gasteiger charge is 2.11. The molecule has 0 saturated heterocycles. The Labute approximate surface area is 147 Å². The van der Waals surface area contributed by atoms with Gasteiger partial charge in [0, 0.05) is 38.2 Å². The average molecular weight is 341 g/mol. The van der Waals surface area contributed by atoms with Crippen molar-refractivity contribution in [3.8, 4) is 11.6 Å². The molecule has 0 atom stereocenters. The Morgan fingerprint density at radius 3 is 2.48 bits per heavy atom. The van der Waals surface area contributed by atoms with Gasteiger partial charge in [0.15, 0.2) is 0 Å². The van der Waals surface area contributed by atoms with Crippen molar-refractivity contribution in [2.75, 3.05) is 6.54 Å². The number of carbonyl (C=O) groups excluding carboxylic acids is 2. The van der Waals surface area contributed by atoms with Gasteiger partial charge < -0.3 is 15.4 Å². The van der Waals surface area contributed by atoms with Crippen LogP contribution in [0.25, 0.3) is 0 Å². The fraction of sp³-hybridized carbons (Fsp3) is 0.316. The Balaban J connectivity index is 2.01. The average Bonchev–Trinajstić information content (AvgIpc) is 2.57. The van der Waals surface area contributed by atoms with Gasteiger partial charge in [-0.15, -0.1) is 0 Å². The molecule has 0 aliphatic rings. The lowest BCUT2D eigenvalue weighted by atomic mass is 10.1. The maximum atomic E-state index is 11.9. The summed E-state index contributed by atoms with van der Waals surface area (Å²) in [5.41, 5.74) is 2.84. The van der Waals surface area contributed by atoms with Crippen molar-refractivity contribution in [3.05, 3.63) is 53.2 Å². The molecular weight excluding hydrogens is 318 g/mol. The molecule has 2 aromatic rings. The van der Waals surface area contributed by atoms with Crippen LogP contribution in [0.4, 0.5) is 0 Å². The molecule has 0 spiro atoms. The molecule has 1 aromatic carbocycles. The second-order valence-electron chi connectivity index (χ2n) is 5.80. The third-order valence-corrected chi connectivity index (χ3v) is 3.66. The Morgan fingerprint density at radius 2 is 1.80 bits per heavy atom. The summed E-state index contributed by atoms with van der Waals surface area (Å²) in [6.07, 6.45) is 1.89. The molecule has 0 aliphatic heterocycles. The minimum Gasteiger partial charge on any atom is -0.438 e. The first kappa shape index (κ1) is 18.4. The van der Waals surface area contributed by atoms with Gasteiger partial charge >= 0.3 is 0 Å². The second-order valence-corrected chi connectivity index (χ2v) is 5.80. The molecule has 0 aliphatic carbocycles. The number of pyridine rings is 1. The summed E-state index contributed by atoms with van der Waals surface area (Å²) in [7, 11) is 0. The van der Waals surface area contributed by atoms with E-state index < -0.39 is 0 Å². The lowest BCUT2D eigenvalue weighted by molar-refractivity contribution is -0.121. The zero-order chi connectivity index (χ0) is 18.2. The van der Waals surface area contributed by atoms with Crippen LogP contribution in [-0.4, -0.2) is 23.3 Å².